The van der Waals surface area contributed by atoms with E-state index in [9.17, 15) is 10.2 Å². The maximum atomic E-state index is 11.8. The number of fused-ring (bicyclic) bond motifs is 1. The van der Waals surface area contributed by atoms with E-state index in [1.165, 1.54) is 22.3 Å². The van der Waals surface area contributed by atoms with E-state index in [2.05, 4.69) is 89.2 Å². The number of aliphatic hydroxyl groups excluding tert-OH is 2. The van der Waals surface area contributed by atoms with E-state index in [0.29, 0.717) is 29.7 Å². The fourth-order valence-electron chi connectivity index (χ4n) is 7.88. The predicted molar refractivity (Wildman–Crippen MR) is 157 cm³/mol. The van der Waals surface area contributed by atoms with Gasteiger partial charge in [-0.1, -0.05) is 75.3 Å². The van der Waals surface area contributed by atoms with Crippen LogP contribution in [0.15, 0.2) is 6.07 Å². The summed E-state index contributed by atoms with van der Waals surface area (Å²) in [6, 6.07) is 5.69. The monoisotopic (exact) mass is 520 g/mol. The summed E-state index contributed by atoms with van der Waals surface area (Å²) in [5.74, 6) is 0. The average molecular weight is 521 g/mol. The van der Waals surface area contributed by atoms with Gasteiger partial charge in [-0.15, -0.1) is 0 Å². The van der Waals surface area contributed by atoms with Gasteiger partial charge in [-0.2, -0.15) is 0 Å². The Morgan fingerprint density at radius 3 is 1.89 bits per heavy atom. The van der Waals surface area contributed by atoms with Gasteiger partial charge in [-0.25, -0.2) is 0 Å². The molecule has 0 spiro atoms. The molecule has 2 N–H and O–H groups in total. The van der Waals surface area contributed by atoms with Gasteiger partial charge < -0.3 is 14.6 Å². The van der Waals surface area contributed by atoms with Gasteiger partial charge in [0, 0.05) is 12.0 Å². The van der Waals surface area contributed by atoms with Crippen molar-refractivity contribution in [1.82, 2.24) is 0 Å². The van der Waals surface area contributed by atoms with Crippen LogP contribution in [0.5, 0.6) is 0 Å². The Bertz CT molecular complexity index is 830. The zero-order valence-electron chi connectivity index (χ0n) is 25.0. The summed E-state index contributed by atoms with van der Waals surface area (Å²) in [7, 11) is -3.71. The van der Waals surface area contributed by atoms with Crippen molar-refractivity contribution in [3.05, 3.63) is 33.9 Å². The van der Waals surface area contributed by atoms with Crippen LogP contribution < -0.4 is 0 Å². The molecule has 0 bridgehead atoms. The Morgan fingerprint density at radius 2 is 1.46 bits per heavy atom. The summed E-state index contributed by atoms with van der Waals surface area (Å²) in [5.41, 5.74) is 7.03. The standard InChI is InChI=1S/C30H56O3Si2/c1-13-34(14-2,15-3)33-19-30(12)18-25-16-23(10)26(24(11)28(25)29(30)32)17-27(31)35(20(4)5,21(6)7)22(8)9/h16,20-22,27,29,31-32H,13-15,17-19H2,1-12H3. The molecule has 3 nitrogen and oxygen atoms in total. The molecule has 2 rings (SSSR count). The molecular weight excluding hydrogens is 464 g/mol. The molecule has 3 unspecified atom stereocenters. The Kier molecular flexibility index (Phi) is 10.1. The molecule has 0 saturated heterocycles. The van der Waals surface area contributed by atoms with Crippen LogP contribution in [-0.4, -0.2) is 38.9 Å². The Morgan fingerprint density at radius 1 is 0.971 bits per heavy atom. The van der Waals surface area contributed by atoms with Crippen LogP contribution in [0.2, 0.25) is 34.8 Å². The summed E-state index contributed by atoms with van der Waals surface area (Å²) in [6.45, 7) is 27.9. The molecule has 0 aromatic heterocycles. The van der Waals surface area contributed by atoms with Gasteiger partial charge in [0.2, 0.25) is 0 Å². The molecule has 0 amide bonds. The van der Waals surface area contributed by atoms with E-state index in [1.807, 2.05) is 0 Å². The molecule has 0 aliphatic heterocycles. The Hall–Kier alpha value is -0.466. The third-order valence-electron chi connectivity index (χ3n) is 10.2. The lowest BCUT2D eigenvalue weighted by Crippen LogP contribution is -2.56. The molecule has 0 heterocycles. The van der Waals surface area contributed by atoms with Crippen molar-refractivity contribution in [2.45, 2.75) is 143 Å². The SMILES string of the molecule is CC[Si](CC)(CC)OCC1(C)Cc2cc(C)c(CC(O)[Si](C(C)C)(C(C)C)C(C)C)c(C)c2C1O. The summed E-state index contributed by atoms with van der Waals surface area (Å²) in [6.07, 6.45) is 1.04. The zero-order chi connectivity index (χ0) is 26.9. The molecule has 202 valence electrons. The molecule has 1 aliphatic carbocycles. The third kappa shape index (κ3) is 5.41. The number of aliphatic hydroxyl groups is 2. The second-order valence-corrected chi connectivity index (χ2v) is 23.7. The van der Waals surface area contributed by atoms with Crippen LogP contribution in [0, 0.1) is 19.3 Å². The topological polar surface area (TPSA) is 49.7 Å². The molecule has 3 atom stereocenters. The van der Waals surface area contributed by atoms with Gasteiger partial charge in [0.25, 0.3) is 0 Å². The fraction of sp³-hybridized carbons (Fsp3) is 0.800. The molecule has 1 aromatic rings. The van der Waals surface area contributed by atoms with Crippen molar-refractivity contribution in [1.29, 1.82) is 0 Å². The van der Waals surface area contributed by atoms with Crippen LogP contribution in [0.1, 0.15) is 103 Å². The summed E-state index contributed by atoms with van der Waals surface area (Å²) < 4.78 is 6.70. The molecule has 0 fully saturated rings. The molecule has 5 heteroatoms. The smallest absolute Gasteiger partial charge is 0.192 e. The van der Waals surface area contributed by atoms with Gasteiger partial charge in [-0.05, 0) is 89.3 Å². The highest BCUT2D eigenvalue weighted by Gasteiger charge is 2.49. The summed E-state index contributed by atoms with van der Waals surface area (Å²) in [4.78, 5) is 0. The van der Waals surface area contributed by atoms with Gasteiger partial charge in [0.1, 0.15) is 0 Å². The van der Waals surface area contributed by atoms with Crippen LogP contribution in [0.25, 0.3) is 0 Å². The van der Waals surface area contributed by atoms with Crippen LogP contribution in [-0.2, 0) is 17.3 Å². The molecule has 0 saturated carbocycles. The first-order chi connectivity index (χ1) is 16.2. The normalized spacial score (nSPS) is 21.9. The first-order valence-electron chi connectivity index (χ1n) is 14.3. The zero-order valence-corrected chi connectivity index (χ0v) is 27.0. The van der Waals surface area contributed by atoms with Crippen molar-refractivity contribution in [3.63, 3.8) is 0 Å². The van der Waals surface area contributed by atoms with Crippen molar-refractivity contribution >= 4 is 16.4 Å². The second-order valence-electron chi connectivity index (χ2n) is 12.8. The average Bonchev–Trinajstić information content (AvgIpc) is 3.02. The van der Waals surface area contributed by atoms with Crippen LogP contribution >= 0.6 is 0 Å². The molecule has 0 radical (unpaired) electrons. The minimum Gasteiger partial charge on any atom is -0.416 e. The van der Waals surface area contributed by atoms with E-state index in [1.54, 1.807) is 0 Å². The Balaban J connectivity index is 2.42. The summed E-state index contributed by atoms with van der Waals surface area (Å²) in [5, 5.41) is 23.5. The van der Waals surface area contributed by atoms with Gasteiger partial charge in [0.05, 0.1) is 19.9 Å². The second kappa shape index (κ2) is 11.5. The predicted octanol–water partition coefficient (Wildman–Crippen LogP) is 8.04. The van der Waals surface area contributed by atoms with Crippen molar-refractivity contribution in [2.24, 2.45) is 5.41 Å². The van der Waals surface area contributed by atoms with Crippen molar-refractivity contribution < 1.29 is 14.6 Å². The van der Waals surface area contributed by atoms with Gasteiger partial charge in [0.15, 0.2) is 8.32 Å². The number of hydrogen-bond acceptors (Lipinski definition) is 3. The largest absolute Gasteiger partial charge is 0.416 e. The highest BCUT2D eigenvalue weighted by molar-refractivity contribution is 6.84. The third-order valence-corrected chi connectivity index (χ3v) is 22.2. The molecular formula is C30H56O3Si2. The first kappa shape index (κ1) is 30.8. The molecule has 1 aromatic carbocycles. The maximum absolute atomic E-state index is 11.8. The lowest BCUT2D eigenvalue weighted by molar-refractivity contribution is 0.0121. The number of aryl methyl sites for hydroxylation is 1. The minimum absolute atomic E-state index is 0.291. The lowest BCUT2D eigenvalue weighted by atomic mass is 9.85. The molecule has 1 aliphatic rings. The highest BCUT2D eigenvalue weighted by atomic mass is 28.4. The number of benzene rings is 1. The Labute approximate surface area is 219 Å². The maximum Gasteiger partial charge on any atom is 0.192 e. The first-order valence-corrected chi connectivity index (χ1v) is 19.1. The van der Waals surface area contributed by atoms with E-state index in [4.69, 9.17) is 4.43 Å². The van der Waals surface area contributed by atoms with Gasteiger partial charge >= 0.3 is 0 Å². The molecule has 35 heavy (non-hydrogen) atoms. The van der Waals surface area contributed by atoms with E-state index in [0.717, 1.165) is 30.1 Å². The van der Waals surface area contributed by atoms with E-state index in [-0.39, 0.29) is 11.1 Å². The van der Waals surface area contributed by atoms with Gasteiger partial charge in [-0.3, -0.25) is 0 Å². The van der Waals surface area contributed by atoms with Crippen molar-refractivity contribution in [2.75, 3.05) is 6.61 Å². The van der Waals surface area contributed by atoms with E-state index >= 15 is 0 Å². The van der Waals surface area contributed by atoms with Crippen LogP contribution in [0.3, 0.4) is 0 Å². The van der Waals surface area contributed by atoms with Crippen molar-refractivity contribution in [3.8, 4) is 0 Å². The van der Waals surface area contributed by atoms with Crippen LogP contribution in [0.4, 0.5) is 0 Å². The quantitative estimate of drug-likeness (QED) is 0.274. The number of hydrogen-bond donors (Lipinski definition) is 2. The number of rotatable bonds is 12. The van der Waals surface area contributed by atoms with E-state index < -0.39 is 22.5 Å². The lowest BCUT2D eigenvalue weighted by Gasteiger charge is -2.47. The summed E-state index contributed by atoms with van der Waals surface area (Å²) >= 11 is 0. The minimum atomic E-state index is -2.00. The highest BCUT2D eigenvalue weighted by Crippen LogP contribution is 2.50. The fourth-order valence-corrected chi connectivity index (χ4v) is 17.5.